The number of aliphatic hydroxyl groups is 1. The van der Waals surface area contributed by atoms with Crippen LogP contribution in [0.25, 0.3) is 0 Å². The Balaban J connectivity index is 1.82. The van der Waals surface area contributed by atoms with Crippen molar-refractivity contribution in [3.63, 3.8) is 0 Å². The van der Waals surface area contributed by atoms with E-state index in [9.17, 15) is 9.90 Å². The van der Waals surface area contributed by atoms with Crippen LogP contribution >= 0.6 is 0 Å². The number of allylic oxidation sites excluding steroid dienone is 2. The third-order valence-electron chi connectivity index (χ3n) is 4.84. The van der Waals surface area contributed by atoms with Crippen LogP contribution in [-0.2, 0) is 18.3 Å². The van der Waals surface area contributed by atoms with Crippen LogP contribution in [0.4, 0.5) is 0 Å². The van der Waals surface area contributed by atoms with Crippen molar-refractivity contribution in [3.8, 4) is 0 Å². The minimum absolute atomic E-state index is 0.0333. The Morgan fingerprint density at radius 2 is 2.04 bits per heavy atom. The van der Waals surface area contributed by atoms with E-state index in [2.05, 4.69) is 22.5 Å². The Hall–Kier alpha value is -2.40. The average molecular weight is 325 g/mol. The highest BCUT2D eigenvalue weighted by Gasteiger charge is 2.40. The summed E-state index contributed by atoms with van der Waals surface area (Å²) in [5, 5.41) is 13.2. The summed E-state index contributed by atoms with van der Waals surface area (Å²) in [6, 6.07) is 9.66. The lowest BCUT2D eigenvalue weighted by molar-refractivity contribution is -0.122. The fourth-order valence-electron chi connectivity index (χ4n) is 3.34. The highest BCUT2D eigenvalue weighted by molar-refractivity contribution is 5.78. The number of aromatic nitrogens is 2. The average Bonchev–Trinajstić information content (AvgIpc) is 3.24. The Labute approximate surface area is 142 Å². The predicted molar refractivity (Wildman–Crippen MR) is 92.1 cm³/mol. The van der Waals surface area contributed by atoms with Gasteiger partial charge in [-0.2, -0.15) is 0 Å². The van der Waals surface area contributed by atoms with Crippen LogP contribution in [0.15, 0.2) is 55.0 Å². The van der Waals surface area contributed by atoms with E-state index in [4.69, 9.17) is 0 Å². The van der Waals surface area contributed by atoms with Gasteiger partial charge in [-0.05, 0) is 18.4 Å². The molecule has 0 radical (unpaired) electrons. The number of aliphatic hydroxyl groups excluding tert-OH is 1. The number of hydrogen-bond acceptors (Lipinski definition) is 3. The van der Waals surface area contributed by atoms with Gasteiger partial charge in [-0.3, -0.25) is 4.79 Å². The maximum atomic E-state index is 12.6. The summed E-state index contributed by atoms with van der Waals surface area (Å²) in [5.41, 5.74) is 1.51. The standard InChI is InChI=1S/C19H23N3O2/c1-22-14-20-12-16(22)11-17(24)21-18(15-7-3-2-4-8-15)19(13-23)9-5-6-10-19/h2-8,12,14,18,23H,9-11,13H2,1H3,(H,21,24). The first-order valence-corrected chi connectivity index (χ1v) is 8.20. The Kier molecular flexibility index (Phi) is 4.81. The molecule has 0 saturated heterocycles. The molecule has 1 unspecified atom stereocenters. The molecule has 2 N–H and O–H groups in total. The number of carbonyl (C=O) groups is 1. The van der Waals surface area contributed by atoms with Gasteiger partial charge < -0.3 is 15.0 Å². The van der Waals surface area contributed by atoms with E-state index in [1.165, 1.54) is 0 Å². The third-order valence-corrected chi connectivity index (χ3v) is 4.84. The van der Waals surface area contributed by atoms with Crippen molar-refractivity contribution in [1.82, 2.24) is 14.9 Å². The lowest BCUT2D eigenvalue weighted by atomic mass is 9.75. The van der Waals surface area contributed by atoms with Crippen LogP contribution in [0.2, 0.25) is 0 Å². The maximum Gasteiger partial charge on any atom is 0.226 e. The lowest BCUT2D eigenvalue weighted by Gasteiger charge is -2.37. The molecule has 1 aliphatic carbocycles. The maximum absolute atomic E-state index is 12.6. The van der Waals surface area contributed by atoms with Crippen molar-refractivity contribution >= 4 is 5.91 Å². The number of aryl methyl sites for hydroxylation is 1. The summed E-state index contributed by atoms with van der Waals surface area (Å²) in [4.78, 5) is 16.7. The number of benzene rings is 1. The quantitative estimate of drug-likeness (QED) is 0.800. The monoisotopic (exact) mass is 325 g/mol. The first-order chi connectivity index (χ1) is 11.6. The van der Waals surface area contributed by atoms with Crippen molar-refractivity contribution < 1.29 is 9.90 Å². The molecule has 126 valence electrons. The van der Waals surface area contributed by atoms with E-state index in [0.29, 0.717) is 0 Å². The van der Waals surface area contributed by atoms with Gasteiger partial charge in [0.2, 0.25) is 5.91 Å². The molecule has 0 fully saturated rings. The van der Waals surface area contributed by atoms with Crippen LogP contribution in [-0.4, -0.2) is 27.2 Å². The van der Waals surface area contributed by atoms with E-state index < -0.39 is 0 Å². The van der Waals surface area contributed by atoms with E-state index in [-0.39, 0.29) is 30.4 Å². The molecular formula is C19H23N3O2. The van der Waals surface area contributed by atoms with Crippen LogP contribution in [0.1, 0.15) is 30.1 Å². The normalized spacial score (nSPS) is 16.9. The largest absolute Gasteiger partial charge is 0.396 e. The van der Waals surface area contributed by atoms with Crippen molar-refractivity contribution in [2.75, 3.05) is 6.61 Å². The smallest absolute Gasteiger partial charge is 0.226 e. The number of nitrogens with zero attached hydrogens (tertiary/aromatic N) is 2. The van der Waals surface area contributed by atoms with Gasteiger partial charge in [0.15, 0.2) is 0 Å². The molecular weight excluding hydrogens is 302 g/mol. The van der Waals surface area contributed by atoms with Crippen molar-refractivity contribution in [2.24, 2.45) is 12.5 Å². The minimum Gasteiger partial charge on any atom is -0.396 e. The number of amides is 1. The first kappa shape index (κ1) is 16.5. The number of nitrogens with one attached hydrogen (secondary N) is 1. The number of rotatable bonds is 6. The lowest BCUT2D eigenvalue weighted by Crippen LogP contribution is -2.42. The summed E-state index contributed by atoms with van der Waals surface area (Å²) in [6.07, 6.45) is 9.35. The molecule has 1 atom stereocenters. The molecule has 0 aliphatic heterocycles. The molecule has 0 spiro atoms. The highest BCUT2D eigenvalue weighted by Crippen LogP contribution is 2.44. The summed E-state index contributed by atoms with van der Waals surface area (Å²) < 4.78 is 1.84. The molecule has 1 aliphatic rings. The van der Waals surface area contributed by atoms with Gasteiger partial charge in [0.1, 0.15) is 0 Å². The summed E-state index contributed by atoms with van der Waals surface area (Å²) in [6.45, 7) is 0.0333. The van der Waals surface area contributed by atoms with Gasteiger partial charge in [-0.25, -0.2) is 4.98 Å². The summed E-state index contributed by atoms with van der Waals surface area (Å²) >= 11 is 0. The molecule has 3 rings (SSSR count). The van der Waals surface area contributed by atoms with E-state index in [1.807, 2.05) is 41.9 Å². The SMILES string of the molecule is Cn1cncc1CC(=O)NC(c1ccccc1)C1(CO)CC=CC1. The Morgan fingerprint density at radius 3 is 2.62 bits per heavy atom. The third kappa shape index (κ3) is 3.26. The predicted octanol–water partition coefficient (Wildman–Crippen LogP) is 2.15. The first-order valence-electron chi connectivity index (χ1n) is 8.20. The second-order valence-corrected chi connectivity index (χ2v) is 6.48. The highest BCUT2D eigenvalue weighted by atomic mass is 16.3. The molecule has 1 aromatic heterocycles. The van der Waals surface area contributed by atoms with Gasteiger partial charge in [0, 0.05) is 24.4 Å². The van der Waals surface area contributed by atoms with E-state index >= 15 is 0 Å². The van der Waals surface area contributed by atoms with Crippen LogP contribution < -0.4 is 5.32 Å². The zero-order valence-electron chi connectivity index (χ0n) is 13.9. The Morgan fingerprint density at radius 1 is 1.33 bits per heavy atom. The molecule has 1 amide bonds. The van der Waals surface area contributed by atoms with Gasteiger partial charge >= 0.3 is 0 Å². The van der Waals surface area contributed by atoms with Crippen molar-refractivity contribution in [2.45, 2.75) is 25.3 Å². The summed E-state index contributed by atoms with van der Waals surface area (Å²) in [5.74, 6) is -0.0628. The second-order valence-electron chi connectivity index (χ2n) is 6.48. The summed E-state index contributed by atoms with van der Waals surface area (Å²) in [7, 11) is 1.88. The second kappa shape index (κ2) is 7.01. The van der Waals surface area contributed by atoms with Crippen LogP contribution in [0.3, 0.4) is 0 Å². The topological polar surface area (TPSA) is 67.2 Å². The van der Waals surface area contributed by atoms with Gasteiger partial charge in [-0.15, -0.1) is 0 Å². The molecule has 2 aromatic rings. The van der Waals surface area contributed by atoms with Gasteiger partial charge in [0.05, 0.1) is 25.4 Å². The zero-order chi connectivity index (χ0) is 17.0. The van der Waals surface area contributed by atoms with Crippen LogP contribution in [0.5, 0.6) is 0 Å². The zero-order valence-corrected chi connectivity index (χ0v) is 13.9. The molecule has 1 heterocycles. The van der Waals surface area contributed by atoms with E-state index in [1.54, 1.807) is 12.5 Å². The number of hydrogen-bond donors (Lipinski definition) is 2. The van der Waals surface area contributed by atoms with Crippen LogP contribution in [0, 0.1) is 5.41 Å². The fourth-order valence-corrected chi connectivity index (χ4v) is 3.34. The van der Waals surface area contributed by atoms with Gasteiger partial charge in [0.25, 0.3) is 0 Å². The number of carbonyl (C=O) groups excluding carboxylic acids is 1. The molecule has 1 aromatic carbocycles. The molecule has 0 bridgehead atoms. The van der Waals surface area contributed by atoms with Gasteiger partial charge in [-0.1, -0.05) is 42.5 Å². The Bertz CT molecular complexity index is 713. The van der Waals surface area contributed by atoms with Crippen molar-refractivity contribution in [1.29, 1.82) is 0 Å². The number of imidazole rings is 1. The van der Waals surface area contributed by atoms with E-state index in [0.717, 1.165) is 24.1 Å². The molecule has 5 heteroatoms. The molecule has 0 saturated carbocycles. The fraction of sp³-hybridized carbons (Fsp3) is 0.368. The molecule has 5 nitrogen and oxygen atoms in total. The molecule has 24 heavy (non-hydrogen) atoms. The minimum atomic E-state index is -0.372. The van der Waals surface area contributed by atoms with Crippen molar-refractivity contribution in [3.05, 3.63) is 66.3 Å².